The van der Waals surface area contributed by atoms with Gasteiger partial charge in [0.05, 0.1) is 11.2 Å². The van der Waals surface area contributed by atoms with E-state index in [0.29, 0.717) is 18.4 Å². The van der Waals surface area contributed by atoms with Crippen LogP contribution in [0.15, 0.2) is 48.5 Å². The van der Waals surface area contributed by atoms with Gasteiger partial charge in [-0.15, -0.1) is 0 Å². The fraction of sp³-hybridized carbons (Fsp3) is 0.324. The van der Waals surface area contributed by atoms with E-state index in [1.807, 2.05) is 0 Å². The summed E-state index contributed by atoms with van der Waals surface area (Å²) in [6, 6.07) is 5.34. The summed E-state index contributed by atoms with van der Waals surface area (Å²) in [5.74, 6) is -5.99. The minimum absolute atomic E-state index is 0.0433. The van der Waals surface area contributed by atoms with E-state index >= 15 is 0 Å². The van der Waals surface area contributed by atoms with Crippen LogP contribution in [0.5, 0.6) is 17.2 Å². The molecule has 3 heterocycles. The van der Waals surface area contributed by atoms with E-state index in [9.17, 15) is 63.1 Å². The number of imide groups is 1. The predicted octanol–water partition coefficient (Wildman–Crippen LogP) is 1.37. The smallest absolute Gasteiger partial charge is 0.534 e. The molecule has 3 aromatic rings. The van der Waals surface area contributed by atoms with Gasteiger partial charge >= 0.3 is 38.8 Å². The van der Waals surface area contributed by atoms with Crippen LogP contribution in [0.25, 0.3) is 0 Å². The number of carboxylic acid groups (broad SMARTS) is 1. The van der Waals surface area contributed by atoms with Gasteiger partial charge in [-0.3, -0.25) is 9.36 Å². The molecule has 2 saturated heterocycles. The first-order valence-electron chi connectivity index (χ1n) is 17.3. The molecule has 0 unspecified atom stereocenters. The van der Waals surface area contributed by atoms with Gasteiger partial charge in [-0.05, 0) is 67.1 Å². The molecule has 0 spiro atoms. The third kappa shape index (κ3) is 8.20. The van der Waals surface area contributed by atoms with Crippen LogP contribution in [0.1, 0.15) is 45.9 Å². The normalized spacial score (nSPS) is 17.9. The fourth-order valence-corrected chi connectivity index (χ4v) is 7.42. The number of hydrogen-bond donors (Lipinski definition) is 9. The molecule has 3 aromatic carbocycles. The summed E-state index contributed by atoms with van der Waals surface area (Å²) in [6.45, 7) is 2.17. The van der Waals surface area contributed by atoms with Gasteiger partial charge in [0.2, 0.25) is 5.91 Å². The molecule has 0 saturated carbocycles. The number of nitrogens with one attached hydrogen (secondary N) is 3. The zero-order valence-corrected chi connectivity index (χ0v) is 30.5. The lowest BCUT2D eigenvalue weighted by molar-refractivity contribution is -0.123. The van der Waals surface area contributed by atoms with Crippen molar-refractivity contribution in [2.24, 2.45) is 0 Å². The summed E-state index contributed by atoms with van der Waals surface area (Å²) in [5, 5.41) is 47.1. The second-order valence-electron chi connectivity index (χ2n) is 13.5. The van der Waals surface area contributed by atoms with Crippen molar-refractivity contribution in [2.75, 3.05) is 31.5 Å². The van der Waals surface area contributed by atoms with Crippen molar-refractivity contribution in [2.45, 2.75) is 44.2 Å². The Kier molecular flexibility index (Phi) is 11.2. The van der Waals surface area contributed by atoms with Gasteiger partial charge < -0.3 is 60.5 Å². The molecule has 2 fully saturated rings. The molecule has 9 N–H and O–H groups in total. The Labute approximate surface area is 318 Å². The fourth-order valence-electron chi connectivity index (χ4n) is 6.89. The monoisotopic (exact) mass is 798 g/mol. The molecule has 3 aliphatic rings. The summed E-state index contributed by atoms with van der Waals surface area (Å²) in [5.41, 5.74) is 0.0509. The average molecular weight is 798 g/mol. The number of piperidine rings is 1. The van der Waals surface area contributed by atoms with Gasteiger partial charge in [0, 0.05) is 44.0 Å². The van der Waals surface area contributed by atoms with Crippen molar-refractivity contribution < 1.29 is 67.7 Å². The highest BCUT2D eigenvalue weighted by Crippen LogP contribution is 2.35. The molecular weight excluding hydrogens is 761 g/mol. The molecule has 0 radical (unpaired) electrons. The molecule has 296 valence electrons. The van der Waals surface area contributed by atoms with Crippen molar-refractivity contribution in [1.29, 1.82) is 0 Å². The number of aromatic carboxylic acids is 1. The van der Waals surface area contributed by atoms with Crippen LogP contribution in [-0.2, 0) is 15.8 Å². The number of amides is 7. The number of rotatable bonds is 8. The van der Waals surface area contributed by atoms with Crippen LogP contribution in [0.2, 0.25) is 0 Å². The Morgan fingerprint density at radius 2 is 1.66 bits per heavy atom. The SMILES string of the molecule is Cc1cc(NC(=O)N2CCC(N3CCN(C(=O)N[C@@H](C(=O)N[C@H]4Cc5ccc(F)c(C(=O)O)c5OB4O)c4ccc(P(=O)(O)O)cc4)C3=O)CC2)cc(O)c1O. The van der Waals surface area contributed by atoms with Crippen molar-refractivity contribution in [3.8, 4) is 17.2 Å². The third-order valence-electron chi connectivity index (χ3n) is 9.86. The van der Waals surface area contributed by atoms with Crippen LogP contribution in [0.4, 0.5) is 24.5 Å². The molecular formula is C34H37BFN6O13P. The molecule has 7 amide bonds. The summed E-state index contributed by atoms with van der Waals surface area (Å²) in [6.07, 6.45) is 0.544. The van der Waals surface area contributed by atoms with E-state index in [1.165, 1.54) is 40.1 Å². The van der Waals surface area contributed by atoms with Crippen molar-refractivity contribution in [3.05, 3.63) is 76.6 Å². The molecule has 2 atom stereocenters. The number of phenols is 2. The van der Waals surface area contributed by atoms with E-state index in [-0.39, 0.29) is 72.3 Å². The number of hydrogen-bond acceptors (Lipinski definition) is 10. The largest absolute Gasteiger partial charge is 0.547 e. The Balaban J connectivity index is 1.12. The van der Waals surface area contributed by atoms with Gasteiger partial charge in [0.25, 0.3) is 0 Å². The number of likely N-dealkylation sites (tertiary alicyclic amines) is 1. The number of aryl methyl sites for hydroxylation is 1. The minimum Gasteiger partial charge on any atom is -0.534 e. The summed E-state index contributed by atoms with van der Waals surface area (Å²) < 4.78 is 31.4. The first-order chi connectivity index (χ1) is 26.4. The van der Waals surface area contributed by atoms with E-state index < -0.39 is 73.8 Å². The predicted molar refractivity (Wildman–Crippen MR) is 194 cm³/mol. The molecule has 3 aliphatic heterocycles. The Hall–Kier alpha value is -5.89. The van der Waals surface area contributed by atoms with Crippen LogP contribution >= 0.6 is 7.60 Å². The van der Waals surface area contributed by atoms with Gasteiger partial charge in [-0.1, -0.05) is 18.2 Å². The number of fused-ring (bicyclic) bond motifs is 1. The number of phenolic OH excluding ortho intramolecular Hbond substituents is 2. The van der Waals surface area contributed by atoms with Crippen LogP contribution in [0.3, 0.4) is 0 Å². The van der Waals surface area contributed by atoms with Gasteiger partial charge in [0.15, 0.2) is 11.5 Å². The van der Waals surface area contributed by atoms with Crippen molar-refractivity contribution >= 4 is 55.7 Å². The van der Waals surface area contributed by atoms with E-state index in [1.54, 1.807) is 6.92 Å². The maximum absolute atomic E-state index is 14.2. The number of carbonyl (C=O) groups is 5. The first kappa shape index (κ1) is 39.8. The summed E-state index contributed by atoms with van der Waals surface area (Å²) in [4.78, 5) is 88.6. The molecule has 0 bridgehead atoms. The highest BCUT2D eigenvalue weighted by atomic mass is 31.2. The molecule has 6 rings (SSSR count). The van der Waals surface area contributed by atoms with Crippen molar-refractivity contribution in [3.63, 3.8) is 0 Å². The van der Waals surface area contributed by atoms with Crippen LogP contribution in [0, 0.1) is 12.7 Å². The third-order valence-corrected chi connectivity index (χ3v) is 10.8. The standard InChI is InChI=1S/C34H37BFN6O13P/c1-17-14-20(16-24(43)28(17)44)37-32(48)40-10-8-21(9-11-40)41-12-13-42(34(41)50)33(49)39-27(18-2-5-22(6-3-18)56(52,53)54)30(45)38-25-15-19-4-7-23(36)26(31(46)47)29(19)55-35(25)51/h2-7,14,16,21,25,27,43-44,51H,8-13,15H2,1H3,(H,37,48)(H,38,45)(H,39,49)(H,46,47)(H2,52,53,54)/t25-,27+/m0/s1. The molecule has 22 heteroatoms. The number of halogens is 1. The van der Waals surface area contributed by atoms with E-state index in [4.69, 9.17) is 4.65 Å². The number of benzene rings is 3. The number of urea groups is 3. The number of carboxylic acids is 1. The average Bonchev–Trinajstić information content (AvgIpc) is 3.53. The number of anilines is 1. The molecule has 0 aliphatic carbocycles. The quantitative estimate of drug-likeness (QED) is 0.0675. The topological polar surface area (TPSA) is 279 Å². The second kappa shape index (κ2) is 15.7. The van der Waals surface area contributed by atoms with Gasteiger partial charge in [-0.25, -0.2) is 28.5 Å². The Bertz CT molecular complexity index is 2110. The minimum atomic E-state index is -4.69. The van der Waals surface area contributed by atoms with E-state index in [2.05, 4.69) is 16.0 Å². The maximum atomic E-state index is 14.2. The Morgan fingerprint density at radius 3 is 2.29 bits per heavy atom. The molecule has 19 nitrogen and oxygen atoms in total. The zero-order valence-electron chi connectivity index (χ0n) is 29.6. The second-order valence-corrected chi connectivity index (χ2v) is 15.1. The van der Waals surface area contributed by atoms with Crippen LogP contribution < -0.4 is 25.9 Å². The van der Waals surface area contributed by atoms with Crippen LogP contribution in [-0.4, -0.2) is 120 Å². The summed E-state index contributed by atoms with van der Waals surface area (Å²) >= 11 is 0. The lowest BCUT2D eigenvalue weighted by Gasteiger charge is -2.36. The van der Waals surface area contributed by atoms with Gasteiger partial charge in [-0.2, -0.15) is 0 Å². The van der Waals surface area contributed by atoms with Gasteiger partial charge in [0.1, 0.15) is 23.2 Å². The lowest BCUT2D eigenvalue weighted by atomic mass is 9.72. The number of aromatic hydroxyl groups is 2. The lowest BCUT2D eigenvalue weighted by Crippen LogP contribution is -2.56. The number of carbonyl (C=O) groups excluding carboxylic acids is 4. The van der Waals surface area contributed by atoms with E-state index in [0.717, 1.165) is 23.1 Å². The zero-order chi connectivity index (χ0) is 40.6. The molecule has 0 aromatic heterocycles. The number of nitrogens with zero attached hydrogens (tertiary/aromatic N) is 3. The Morgan fingerprint density at radius 1 is 0.982 bits per heavy atom. The highest BCUT2D eigenvalue weighted by molar-refractivity contribution is 7.60. The maximum Gasteiger partial charge on any atom is 0.547 e. The highest BCUT2D eigenvalue weighted by Gasteiger charge is 2.42. The summed E-state index contributed by atoms with van der Waals surface area (Å²) in [7, 11) is -6.54. The molecule has 56 heavy (non-hydrogen) atoms. The first-order valence-corrected chi connectivity index (χ1v) is 18.9. The van der Waals surface area contributed by atoms with Crippen molar-refractivity contribution in [1.82, 2.24) is 25.3 Å².